The first kappa shape index (κ1) is 22.4. The topological polar surface area (TPSA) is 61.7 Å². The Morgan fingerprint density at radius 2 is 1.76 bits per heavy atom. The highest BCUT2D eigenvalue weighted by Crippen LogP contribution is 2.26. The maximum atomic E-state index is 13.3. The van der Waals surface area contributed by atoms with Crippen molar-refractivity contribution >= 4 is 28.4 Å². The van der Waals surface area contributed by atoms with Gasteiger partial charge in [0.2, 0.25) is 5.91 Å². The molecular weight excluding hydrogens is 426 g/mol. The summed E-state index contributed by atoms with van der Waals surface area (Å²) in [5, 5.41) is 0. The van der Waals surface area contributed by atoms with Crippen molar-refractivity contribution in [3.63, 3.8) is 0 Å². The van der Waals surface area contributed by atoms with Gasteiger partial charge in [-0.15, -0.1) is 0 Å². The third-order valence-corrected chi connectivity index (χ3v) is 7.38. The van der Waals surface area contributed by atoms with Crippen LogP contribution in [-0.2, 0) is 11.8 Å². The Kier molecular flexibility index (Phi) is 6.02. The number of hydrogen-bond acceptors (Lipinski definition) is 5. The van der Waals surface area contributed by atoms with Crippen LogP contribution in [0.2, 0.25) is 0 Å². The zero-order chi connectivity index (χ0) is 23.8. The lowest BCUT2D eigenvalue weighted by atomic mass is 9.94. The van der Waals surface area contributed by atoms with Gasteiger partial charge in [-0.25, -0.2) is 4.98 Å². The summed E-state index contributed by atoms with van der Waals surface area (Å²) >= 11 is 0. The summed E-state index contributed by atoms with van der Waals surface area (Å²) in [6.07, 6.45) is 1.51. The van der Waals surface area contributed by atoms with Gasteiger partial charge < -0.3 is 19.3 Å². The Balaban J connectivity index is 1.23. The SMILES string of the molecule is Cc1cccc(N2CCN(C(=O)C3CCN(c4nc5ccccc5n(C)c4=O)CC3)CC2C)c1. The first-order valence-corrected chi connectivity index (χ1v) is 12.2. The molecule has 2 fully saturated rings. The van der Waals surface area contributed by atoms with Crippen LogP contribution in [0.3, 0.4) is 0 Å². The summed E-state index contributed by atoms with van der Waals surface area (Å²) < 4.78 is 1.67. The van der Waals surface area contributed by atoms with Crippen LogP contribution in [0.4, 0.5) is 11.5 Å². The lowest BCUT2D eigenvalue weighted by molar-refractivity contribution is -0.137. The molecule has 7 nitrogen and oxygen atoms in total. The molecule has 0 radical (unpaired) electrons. The van der Waals surface area contributed by atoms with Crippen LogP contribution in [0, 0.1) is 12.8 Å². The lowest BCUT2D eigenvalue weighted by Crippen LogP contribution is -2.55. The molecular formula is C27H33N5O2. The predicted molar refractivity (Wildman–Crippen MR) is 136 cm³/mol. The van der Waals surface area contributed by atoms with Crippen molar-refractivity contribution in [2.75, 3.05) is 42.5 Å². The molecule has 0 spiro atoms. The third kappa shape index (κ3) is 4.15. The largest absolute Gasteiger partial charge is 0.365 e. The minimum atomic E-state index is -0.0791. The summed E-state index contributed by atoms with van der Waals surface area (Å²) in [7, 11) is 1.80. The Bertz CT molecular complexity index is 1260. The van der Waals surface area contributed by atoms with E-state index in [1.165, 1.54) is 11.3 Å². The van der Waals surface area contributed by atoms with Crippen molar-refractivity contribution in [2.45, 2.75) is 32.7 Å². The summed E-state index contributed by atoms with van der Waals surface area (Å²) in [5.41, 5.74) is 4.06. The molecule has 2 aliphatic rings. The first-order valence-electron chi connectivity index (χ1n) is 12.2. The van der Waals surface area contributed by atoms with Crippen LogP contribution in [0.25, 0.3) is 11.0 Å². The van der Waals surface area contributed by atoms with Gasteiger partial charge in [0.15, 0.2) is 5.82 Å². The highest BCUT2D eigenvalue weighted by molar-refractivity contribution is 5.80. The Morgan fingerprint density at radius 1 is 1.00 bits per heavy atom. The van der Waals surface area contributed by atoms with Gasteiger partial charge in [-0.05, 0) is 56.5 Å². The molecule has 34 heavy (non-hydrogen) atoms. The minimum absolute atomic E-state index is 0.0123. The van der Waals surface area contributed by atoms with E-state index < -0.39 is 0 Å². The molecule has 0 saturated carbocycles. The second-order valence-electron chi connectivity index (χ2n) is 9.72. The highest BCUT2D eigenvalue weighted by Gasteiger charge is 2.33. The Hall–Kier alpha value is -3.35. The van der Waals surface area contributed by atoms with E-state index in [1.807, 2.05) is 29.2 Å². The van der Waals surface area contributed by atoms with Crippen molar-refractivity contribution in [3.05, 3.63) is 64.4 Å². The monoisotopic (exact) mass is 459 g/mol. The molecule has 3 aromatic rings. The van der Waals surface area contributed by atoms with Gasteiger partial charge in [0.05, 0.1) is 11.0 Å². The zero-order valence-electron chi connectivity index (χ0n) is 20.3. The average molecular weight is 460 g/mol. The zero-order valence-corrected chi connectivity index (χ0v) is 20.3. The fraction of sp³-hybridized carbons (Fsp3) is 0.444. The molecule has 0 aliphatic carbocycles. The van der Waals surface area contributed by atoms with Crippen molar-refractivity contribution in [1.82, 2.24) is 14.5 Å². The van der Waals surface area contributed by atoms with E-state index in [9.17, 15) is 9.59 Å². The number of piperazine rings is 1. The minimum Gasteiger partial charge on any atom is -0.365 e. The van der Waals surface area contributed by atoms with Gasteiger partial charge in [0, 0.05) is 57.4 Å². The van der Waals surface area contributed by atoms with Crippen molar-refractivity contribution in [3.8, 4) is 0 Å². The number of nitrogens with zero attached hydrogens (tertiary/aromatic N) is 5. The van der Waals surface area contributed by atoms with E-state index in [0.717, 1.165) is 43.5 Å². The number of carbonyl (C=O) groups is 1. The summed E-state index contributed by atoms with van der Waals surface area (Å²) in [4.78, 5) is 37.4. The second kappa shape index (κ2) is 9.12. The number of aromatic nitrogens is 2. The first-order chi connectivity index (χ1) is 16.4. The molecule has 1 amide bonds. The molecule has 1 unspecified atom stereocenters. The number of aryl methyl sites for hydroxylation is 2. The number of anilines is 2. The summed E-state index contributed by atoms with van der Waals surface area (Å²) in [6.45, 7) is 8.02. The average Bonchev–Trinajstić information content (AvgIpc) is 2.86. The smallest absolute Gasteiger partial charge is 0.293 e. The van der Waals surface area contributed by atoms with Crippen LogP contribution in [-0.4, -0.2) is 59.1 Å². The molecule has 2 aliphatic heterocycles. The molecule has 178 valence electrons. The molecule has 3 heterocycles. The van der Waals surface area contributed by atoms with Gasteiger partial charge in [0.25, 0.3) is 5.56 Å². The molecule has 2 saturated heterocycles. The van der Waals surface area contributed by atoms with Gasteiger partial charge in [0.1, 0.15) is 0 Å². The fourth-order valence-electron chi connectivity index (χ4n) is 5.41. The van der Waals surface area contributed by atoms with Gasteiger partial charge in [-0.3, -0.25) is 9.59 Å². The van der Waals surface area contributed by atoms with E-state index in [-0.39, 0.29) is 23.4 Å². The Labute approximate surface area is 200 Å². The molecule has 1 aromatic heterocycles. The number of carbonyl (C=O) groups excluding carboxylic acids is 1. The molecule has 5 rings (SSSR count). The van der Waals surface area contributed by atoms with E-state index in [4.69, 9.17) is 0 Å². The highest BCUT2D eigenvalue weighted by atomic mass is 16.2. The van der Waals surface area contributed by atoms with Crippen LogP contribution in [0.1, 0.15) is 25.3 Å². The number of fused-ring (bicyclic) bond motifs is 1. The van der Waals surface area contributed by atoms with E-state index in [0.29, 0.717) is 18.9 Å². The molecule has 1 atom stereocenters. The number of hydrogen-bond donors (Lipinski definition) is 0. The summed E-state index contributed by atoms with van der Waals surface area (Å²) in [6, 6.07) is 16.6. The van der Waals surface area contributed by atoms with Crippen molar-refractivity contribution < 1.29 is 4.79 Å². The maximum absolute atomic E-state index is 13.3. The van der Waals surface area contributed by atoms with Gasteiger partial charge in [-0.1, -0.05) is 24.3 Å². The van der Waals surface area contributed by atoms with Gasteiger partial charge >= 0.3 is 0 Å². The normalized spacial score (nSPS) is 19.6. The third-order valence-electron chi connectivity index (χ3n) is 7.38. The van der Waals surface area contributed by atoms with Crippen molar-refractivity contribution in [1.29, 1.82) is 0 Å². The standard InChI is InChI=1S/C27H33N5O2/c1-19-7-6-8-22(17-19)32-16-15-31(18-20(32)2)26(33)21-11-13-30(14-12-21)25-27(34)29(3)24-10-5-4-9-23(24)28-25/h4-10,17,20-21H,11-16,18H2,1-3H3. The Morgan fingerprint density at radius 3 is 2.50 bits per heavy atom. The quantitative estimate of drug-likeness (QED) is 0.602. The maximum Gasteiger partial charge on any atom is 0.293 e. The molecule has 0 bridgehead atoms. The number of amides is 1. The van der Waals surface area contributed by atoms with E-state index in [2.05, 4.69) is 52.9 Å². The number of rotatable bonds is 3. The van der Waals surface area contributed by atoms with Gasteiger partial charge in [-0.2, -0.15) is 0 Å². The molecule has 2 aromatic carbocycles. The van der Waals surface area contributed by atoms with Crippen LogP contribution < -0.4 is 15.4 Å². The van der Waals surface area contributed by atoms with Crippen molar-refractivity contribution in [2.24, 2.45) is 13.0 Å². The molecule has 0 N–H and O–H groups in total. The van der Waals surface area contributed by atoms with E-state index in [1.54, 1.807) is 11.6 Å². The predicted octanol–water partition coefficient (Wildman–Crippen LogP) is 3.20. The number of para-hydroxylation sites is 2. The number of piperidine rings is 1. The lowest BCUT2D eigenvalue weighted by Gasteiger charge is -2.43. The van der Waals surface area contributed by atoms with E-state index >= 15 is 0 Å². The number of benzene rings is 2. The van der Waals surface area contributed by atoms with Crippen LogP contribution in [0.15, 0.2) is 53.3 Å². The summed E-state index contributed by atoms with van der Waals surface area (Å²) in [5.74, 6) is 0.764. The molecule has 7 heteroatoms. The fourth-order valence-corrected chi connectivity index (χ4v) is 5.41. The van der Waals surface area contributed by atoms with Crippen LogP contribution >= 0.6 is 0 Å². The second-order valence-corrected chi connectivity index (χ2v) is 9.72. The van der Waals surface area contributed by atoms with Crippen LogP contribution in [0.5, 0.6) is 0 Å².